The lowest BCUT2D eigenvalue weighted by atomic mass is 10.0. The van der Waals surface area contributed by atoms with Gasteiger partial charge in [-0.05, 0) is 12.8 Å². The smallest absolute Gasteiger partial charge is 0.242 e. The van der Waals surface area contributed by atoms with E-state index in [0.29, 0.717) is 13.1 Å². The van der Waals surface area contributed by atoms with Crippen LogP contribution in [0.15, 0.2) is 0 Å². The highest BCUT2D eigenvalue weighted by molar-refractivity contribution is 5.90. The summed E-state index contributed by atoms with van der Waals surface area (Å²) in [5, 5.41) is 2.71. The molecule has 1 rings (SSSR count). The summed E-state index contributed by atoms with van der Waals surface area (Å²) >= 11 is 0. The molecule has 1 fully saturated rings. The van der Waals surface area contributed by atoms with Crippen molar-refractivity contribution in [3.8, 4) is 0 Å². The number of nitrogens with zero attached hydrogens (tertiary/aromatic N) is 1. The summed E-state index contributed by atoms with van der Waals surface area (Å²) in [6.45, 7) is 6.58. The molecule has 15 heavy (non-hydrogen) atoms. The minimum Gasteiger partial charge on any atom is -0.353 e. The number of rotatable bonds is 2. The van der Waals surface area contributed by atoms with Gasteiger partial charge in [-0.1, -0.05) is 13.8 Å². The molecule has 0 spiro atoms. The van der Waals surface area contributed by atoms with Gasteiger partial charge in [-0.3, -0.25) is 9.59 Å². The Morgan fingerprint density at radius 1 is 1.60 bits per heavy atom. The molecule has 3 N–H and O–H groups in total. The Balaban J connectivity index is 2.70. The van der Waals surface area contributed by atoms with Crippen LogP contribution in [-0.2, 0) is 9.59 Å². The predicted octanol–water partition coefficient (Wildman–Crippen LogP) is -0.683. The molecule has 0 aromatic heterocycles. The van der Waals surface area contributed by atoms with Gasteiger partial charge in [0.25, 0.3) is 0 Å². The third kappa shape index (κ3) is 2.47. The molecule has 1 aliphatic heterocycles. The first-order valence-corrected chi connectivity index (χ1v) is 5.29. The van der Waals surface area contributed by atoms with Crippen LogP contribution in [0.3, 0.4) is 0 Å². The largest absolute Gasteiger partial charge is 0.353 e. The molecule has 0 bridgehead atoms. The fourth-order valence-corrected chi connectivity index (χ4v) is 1.56. The summed E-state index contributed by atoms with van der Waals surface area (Å²) < 4.78 is 0. The molecular formula is C10H19N3O2. The zero-order valence-corrected chi connectivity index (χ0v) is 9.49. The van der Waals surface area contributed by atoms with Crippen molar-refractivity contribution in [3.05, 3.63) is 0 Å². The topological polar surface area (TPSA) is 75.4 Å². The Bertz CT molecular complexity index is 265. The fraction of sp³-hybridized carbons (Fsp3) is 0.800. The SMILES string of the molecule is CC(C)C(N)C(=O)N1CCNC(=O)C1C. The Morgan fingerprint density at radius 2 is 2.20 bits per heavy atom. The summed E-state index contributed by atoms with van der Waals surface area (Å²) in [5.74, 6) is -0.146. The van der Waals surface area contributed by atoms with Crippen LogP contribution >= 0.6 is 0 Å². The Kier molecular flexibility index (Phi) is 3.68. The van der Waals surface area contributed by atoms with Crippen molar-refractivity contribution in [2.45, 2.75) is 32.9 Å². The maximum Gasteiger partial charge on any atom is 0.242 e. The van der Waals surface area contributed by atoms with Gasteiger partial charge in [0.15, 0.2) is 0 Å². The van der Waals surface area contributed by atoms with E-state index in [2.05, 4.69) is 5.32 Å². The molecule has 86 valence electrons. The zero-order valence-electron chi connectivity index (χ0n) is 9.49. The number of amides is 2. The van der Waals surface area contributed by atoms with Crippen molar-refractivity contribution in [1.82, 2.24) is 10.2 Å². The van der Waals surface area contributed by atoms with Gasteiger partial charge in [0.05, 0.1) is 6.04 Å². The summed E-state index contributed by atoms with van der Waals surface area (Å²) in [5.41, 5.74) is 5.78. The fourth-order valence-electron chi connectivity index (χ4n) is 1.56. The van der Waals surface area contributed by atoms with E-state index >= 15 is 0 Å². The van der Waals surface area contributed by atoms with Crippen molar-refractivity contribution in [2.75, 3.05) is 13.1 Å². The number of nitrogens with two attached hydrogens (primary N) is 1. The van der Waals surface area contributed by atoms with Gasteiger partial charge < -0.3 is 16.0 Å². The van der Waals surface area contributed by atoms with Crippen LogP contribution in [-0.4, -0.2) is 41.9 Å². The number of nitrogens with one attached hydrogen (secondary N) is 1. The molecule has 0 saturated carbocycles. The number of carbonyl (C=O) groups excluding carboxylic acids is 2. The molecule has 2 amide bonds. The number of hydrogen-bond acceptors (Lipinski definition) is 3. The van der Waals surface area contributed by atoms with Gasteiger partial charge in [0.1, 0.15) is 6.04 Å². The normalized spacial score (nSPS) is 23.9. The maximum atomic E-state index is 11.9. The third-order valence-corrected chi connectivity index (χ3v) is 2.79. The number of piperazine rings is 1. The summed E-state index contributed by atoms with van der Waals surface area (Å²) in [6.07, 6.45) is 0. The van der Waals surface area contributed by atoms with Gasteiger partial charge in [0, 0.05) is 13.1 Å². The molecular weight excluding hydrogens is 194 g/mol. The van der Waals surface area contributed by atoms with Crippen LogP contribution in [0.4, 0.5) is 0 Å². The van der Waals surface area contributed by atoms with E-state index in [1.54, 1.807) is 11.8 Å². The van der Waals surface area contributed by atoms with Crippen LogP contribution in [0.25, 0.3) is 0 Å². The van der Waals surface area contributed by atoms with Crippen LogP contribution in [0.2, 0.25) is 0 Å². The van der Waals surface area contributed by atoms with Gasteiger partial charge in [-0.2, -0.15) is 0 Å². The first kappa shape index (κ1) is 12.0. The number of hydrogen-bond donors (Lipinski definition) is 2. The third-order valence-electron chi connectivity index (χ3n) is 2.79. The van der Waals surface area contributed by atoms with E-state index in [1.165, 1.54) is 0 Å². The minimum absolute atomic E-state index is 0.0923. The summed E-state index contributed by atoms with van der Waals surface area (Å²) in [7, 11) is 0. The molecule has 1 heterocycles. The molecule has 5 heteroatoms. The molecule has 2 unspecified atom stereocenters. The van der Waals surface area contributed by atoms with Crippen LogP contribution in [0, 0.1) is 5.92 Å². The first-order chi connectivity index (χ1) is 6.95. The zero-order chi connectivity index (χ0) is 11.6. The Hall–Kier alpha value is -1.10. The molecule has 0 aromatic carbocycles. The number of carbonyl (C=O) groups is 2. The average Bonchev–Trinajstić information content (AvgIpc) is 2.20. The van der Waals surface area contributed by atoms with E-state index in [9.17, 15) is 9.59 Å². The predicted molar refractivity (Wildman–Crippen MR) is 57.0 cm³/mol. The second kappa shape index (κ2) is 4.61. The van der Waals surface area contributed by atoms with Crippen molar-refractivity contribution >= 4 is 11.8 Å². The van der Waals surface area contributed by atoms with E-state index in [0.717, 1.165) is 0 Å². The van der Waals surface area contributed by atoms with Crippen molar-refractivity contribution < 1.29 is 9.59 Å². The first-order valence-electron chi connectivity index (χ1n) is 5.29. The molecule has 2 atom stereocenters. The summed E-state index contributed by atoms with van der Waals surface area (Å²) in [4.78, 5) is 24.8. The van der Waals surface area contributed by atoms with E-state index < -0.39 is 12.1 Å². The van der Waals surface area contributed by atoms with Crippen molar-refractivity contribution in [3.63, 3.8) is 0 Å². The summed E-state index contributed by atoms with van der Waals surface area (Å²) in [6, 6.07) is -0.922. The highest BCUT2D eigenvalue weighted by atomic mass is 16.2. The molecule has 5 nitrogen and oxygen atoms in total. The van der Waals surface area contributed by atoms with Crippen LogP contribution in [0.5, 0.6) is 0 Å². The second-order valence-electron chi connectivity index (χ2n) is 4.27. The Morgan fingerprint density at radius 3 is 2.73 bits per heavy atom. The van der Waals surface area contributed by atoms with E-state index in [-0.39, 0.29) is 17.7 Å². The Labute approximate surface area is 90.0 Å². The van der Waals surface area contributed by atoms with E-state index in [1.807, 2.05) is 13.8 Å². The molecule has 1 aliphatic rings. The average molecular weight is 213 g/mol. The van der Waals surface area contributed by atoms with E-state index in [4.69, 9.17) is 5.73 Å². The van der Waals surface area contributed by atoms with Crippen LogP contribution < -0.4 is 11.1 Å². The van der Waals surface area contributed by atoms with Gasteiger partial charge in [0.2, 0.25) is 11.8 Å². The van der Waals surface area contributed by atoms with Crippen molar-refractivity contribution in [1.29, 1.82) is 0 Å². The van der Waals surface area contributed by atoms with Gasteiger partial charge in [-0.25, -0.2) is 0 Å². The van der Waals surface area contributed by atoms with Crippen molar-refractivity contribution in [2.24, 2.45) is 11.7 Å². The second-order valence-corrected chi connectivity index (χ2v) is 4.27. The lowest BCUT2D eigenvalue weighted by molar-refractivity contribution is -0.144. The molecule has 0 aromatic rings. The quantitative estimate of drug-likeness (QED) is 0.638. The molecule has 1 saturated heterocycles. The van der Waals surface area contributed by atoms with Crippen LogP contribution in [0.1, 0.15) is 20.8 Å². The minimum atomic E-state index is -0.515. The maximum absolute atomic E-state index is 11.9. The molecule has 0 aliphatic carbocycles. The van der Waals surface area contributed by atoms with Gasteiger partial charge >= 0.3 is 0 Å². The highest BCUT2D eigenvalue weighted by Gasteiger charge is 2.32. The monoisotopic (exact) mass is 213 g/mol. The standard InChI is InChI=1S/C10H19N3O2/c1-6(2)8(11)10(15)13-5-4-12-9(14)7(13)3/h6-8H,4-5,11H2,1-3H3,(H,12,14). The van der Waals surface area contributed by atoms with Gasteiger partial charge in [-0.15, -0.1) is 0 Å². The lowest BCUT2D eigenvalue weighted by Crippen LogP contribution is -2.59. The molecule has 0 radical (unpaired) electrons. The lowest BCUT2D eigenvalue weighted by Gasteiger charge is -2.35. The highest BCUT2D eigenvalue weighted by Crippen LogP contribution is 2.09.